The van der Waals surface area contributed by atoms with Gasteiger partial charge in [0.2, 0.25) is 0 Å². The van der Waals surface area contributed by atoms with Crippen LogP contribution in [0.1, 0.15) is 11.1 Å². The number of ether oxygens (including phenoxy) is 1. The van der Waals surface area contributed by atoms with E-state index in [1.807, 2.05) is 6.07 Å². The first-order valence-corrected chi connectivity index (χ1v) is 4.86. The molecule has 0 heterocycles. The van der Waals surface area contributed by atoms with Gasteiger partial charge < -0.3 is 9.22 Å². The fourth-order valence-electron chi connectivity index (χ4n) is 1.48. The minimum Gasteiger partial charge on any atom is -0.497 e. The minimum absolute atomic E-state index is 0.938. The molecule has 0 atom stereocenters. The van der Waals surface area contributed by atoms with Gasteiger partial charge in [-0.3, -0.25) is 0 Å². The first kappa shape index (κ1) is 11.1. The summed E-state index contributed by atoms with van der Waals surface area (Å²) >= 11 is 0. The molecule has 1 aromatic carbocycles. The van der Waals surface area contributed by atoms with E-state index in [1.165, 1.54) is 11.1 Å². The molecular formula is C12H20NO+. The Labute approximate surface area is 86.7 Å². The molecule has 2 nitrogen and oxygen atoms in total. The molecule has 0 aliphatic rings. The van der Waals surface area contributed by atoms with Gasteiger partial charge in [-0.05, 0) is 30.7 Å². The molecule has 0 unspecified atom stereocenters. The second kappa shape index (κ2) is 4.01. The summed E-state index contributed by atoms with van der Waals surface area (Å²) in [6, 6.07) is 6.26. The molecule has 0 aromatic heterocycles. The van der Waals surface area contributed by atoms with Crippen LogP contribution in [0.3, 0.4) is 0 Å². The van der Waals surface area contributed by atoms with Crippen LogP contribution in [0, 0.1) is 6.92 Å². The maximum Gasteiger partial charge on any atom is 0.119 e. The van der Waals surface area contributed by atoms with Crippen LogP contribution in [0.25, 0.3) is 0 Å². The Morgan fingerprint density at radius 2 is 1.86 bits per heavy atom. The maximum atomic E-state index is 5.18. The van der Waals surface area contributed by atoms with E-state index >= 15 is 0 Å². The molecule has 0 saturated carbocycles. The van der Waals surface area contributed by atoms with Crippen LogP contribution in [0.5, 0.6) is 5.75 Å². The summed E-state index contributed by atoms with van der Waals surface area (Å²) in [6.07, 6.45) is 0. The summed E-state index contributed by atoms with van der Waals surface area (Å²) in [5.41, 5.74) is 2.69. The molecule has 0 saturated heterocycles. The third-order valence-corrected chi connectivity index (χ3v) is 2.19. The normalized spacial score (nSPS) is 11.5. The molecule has 0 radical (unpaired) electrons. The van der Waals surface area contributed by atoms with Crippen molar-refractivity contribution < 1.29 is 9.22 Å². The van der Waals surface area contributed by atoms with Crippen molar-refractivity contribution in [3.8, 4) is 5.75 Å². The molecule has 1 rings (SSSR count). The first-order chi connectivity index (χ1) is 6.42. The van der Waals surface area contributed by atoms with Crippen LogP contribution in [0.15, 0.2) is 18.2 Å². The second-order valence-electron chi connectivity index (χ2n) is 4.74. The molecule has 0 spiro atoms. The number of aryl methyl sites for hydroxylation is 1. The van der Waals surface area contributed by atoms with Crippen molar-refractivity contribution in [3.05, 3.63) is 29.3 Å². The predicted molar refractivity (Wildman–Crippen MR) is 59.5 cm³/mol. The Morgan fingerprint density at radius 3 is 2.29 bits per heavy atom. The van der Waals surface area contributed by atoms with Gasteiger partial charge in [0.15, 0.2) is 0 Å². The molecule has 0 fully saturated rings. The molecule has 78 valence electrons. The highest BCUT2D eigenvalue weighted by atomic mass is 16.5. The summed E-state index contributed by atoms with van der Waals surface area (Å²) in [5, 5.41) is 0. The number of methoxy groups -OCH3 is 1. The zero-order valence-corrected chi connectivity index (χ0v) is 9.79. The van der Waals surface area contributed by atoms with Gasteiger partial charge in [0.1, 0.15) is 12.3 Å². The standard InChI is InChI=1S/C12H20NO/c1-10-8-12(14-5)7-6-11(10)9-13(2,3)4/h6-8H,9H2,1-5H3/q+1. The third kappa shape index (κ3) is 3.04. The topological polar surface area (TPSA) is 9.23 Å². The zero-order valence-electron chi connectivity index (χ0n) is 9.79. The van der Waals surface area contributed by atoms with Crippen molar-refractivity contribution in [1.29, 1.82) is 0 Å². The smallest absolute Gasteiger partial charge is 0.119 e. The van der Waals surface area contributed by atoms with E-state index < -0.39 is 0 Å². The maximum absolute atomic E-state index is 5.18. The molecule has 0 bridgehead atoms. The zero-order chi connectivity index (χ0) is 10.8. The van der Waals surface area contributed by atoms with Crippen molar-refractivity contribution >= 4 is 0 Å². The highest BCUT2D eigenvalue weighted by Crippen LogP contribution is 2.18. The Balaban J connectivity index is 2.89. The summed E-state index contributed by atoms with van der Waals surface area (Å²) in [7, 11) is 8.30. The largest absolute Gasteiger partial charge is 0.497 e. The highest BCUT2D eigenvalue weighted by Gasteiger charge is 2.10. The van der Waals surface area contributed by atoms with E-state index in [-0.39, 0.29) is 0 Å². The number of hydrogen-bond acceptors (Lipinski definition) is 1. The average Bonchev–Trinajstić information content (AvgIpc) is 2.06. The summed E-state index contributed by atoms with van der Waals surface area (Å²) < 4.78 is 6.13. The Hall–Kier alpha value is -1.02. The number of rotatable bonds is 3. The Morgan fingerprint density at radius 1 is 1.21 bits per heavy atom. The minimum atomic E-state index is 0.938. The van der Waals surface area contributed by atoms with Crippen LogP contribution in [-0.4, -0.2) is 32.7 Å². The number of hydrogen-bond donors (Lipinski definition) is 0. The van der Waals surface area contributed by atoms with E-state index in [0.717, 1.165) is 16.8 Å². The van der Waals surface area contributed by atoms with Gasteiger partial charge in [0.25, 0.3) is 0 Å². The predicted octanol–water partition coefficient (Wildman–Crippen LogP) is 2.21. The fraction of sp³-hybridized carbons (Fsp3) is 0.500. The fourth-order valence-corrected chi connectivity index (χ4v) is 1.48. The average molecular weight is 194 g/mol. The lowest BCUT2D eigenvalue weighted by Crippen LogP contribution is -2.33. The molecule has 0 aliphatic heterocycles. The van der Waals surface area contributed by atoms with Crippen molar-refractivity contribution in [2.24, 2.45) is 0 Å². The van der Waals surface area contributed by atoms with Crippen molar-refractivity contribution in [1.82, 2.24) is 0 Å². The second-order valence-corrected chi connectivity index (χ2v) is 4.74. The van der Waals surface area contributed by atoms with Crippen molar-refractivity contribution in [2.75, 3.05) is 28.3 Å². The van der Waals surface area contributed by atoms with Gasteiger partial charge >= 0.3 is 0 Å². The van der Waals surface area contributed by atoms with E-state index in [0.29, 0.717) is 0 Å². The summed E-state index contributed by atoms with van der Waals surface area (Å²) in [6.45, 7) is 3.18. The molecule has 14 heavy (non-hydrogen) atoms. The molecule has 1 aromatic rings. The third-order valence-electron chi connectivity index (χ3n) is 2.19. The van der Waals surface area contributed by atoms with Crippen LogP contribution in [0.2, 0.25) is 0 Å². The summed E-state index contributed by atoms with van der Waals surface area (Å²) in [4.78, 5) is 0. The first-order valence-electron chi connectivity index (χ1n) is 4.86. The highest BCUT2D eigenvalue weighted by molar-refractivity contribution is 5.34. The lowest BCUT2D eigenvalue weighted by atomic mass is 10.1. The molecule has 2 heteroatoms. The molecule has 0 amide bonds. The lowest BCUT2D eigenvalue weighted by Gasteiger charge is -2.24. The van der Waals surface area contributed by atoms with Gasteiger partial charge in [0.05, 0.1) is 28.3 Å². The number of benzene rings is 1. The van der Waals surface area contributed by atoms with E-state index in [4.69, 9.17) is 4.74 Å². The van der Waals surface area contributed by atoms with Crippen LogP contribution in [0.4, 0.5) is 0 Å². The number of quaternary nitrogens is 1. The molecule has 0 aliphatic carbocycles. The number of nitrogens with zero attached hydrogens (tertiary/aromatic N) is 1. The van der Waals surface area contributed by atoms with Crippen LogP contribution >= 0.6 is 0 Å². The molecular weight excluding hydrogens is 174 g/mol. The van der Waals surface area contributed by atoms with Crippen molar-refractivity contribution in [2.45, 2.75) is 13.5 Å². The van der Waals surface area contributed by atoms with Crippen LogP contribution in [-0.2, 0) is 6.54 Å². The van der Waals surface area contributed by atoms with Gasteiger partial charge in [-0.2, -0.15) is 0 Å². The monoisotopic (exact) mass is 194 g/mol. The molecule has 0 N–H and O–H groups in total. The van der Waals surface area contributed by atoms with Gasteiger partial charge in [-0.1, -0.05) is 0 Å². The van der Waals surface area contributed by atoms with Gasteiger partial charge in [-0.25, -0.2) is 0 Å². The van der Waals surface area contributed by atoms with E-state index in [9.17, 15) is 0 Å². The van der Waals surface area contributed by atoms with Crippen LogP contribution < -0.4 is 4.74 Å². The van der Waals surface area contributed by atoms with Gasteiger partial charge in [0, 0.05) is 5.56 Å². The quantitative estimate of drug-likeness (QED) is 0.670. The van der Waals surface area contributed by atoms with Gasteiger partial charge in [-0.15, -0.1) is 0 Å². The van der Waals surface area contributed by atoms with Crippen molar-refractivity contribution in [3.63, 3.8) is 0 Å². The van der Waals surface area contributed by atoms with E-state index in [2.05, 4.69) is 40.2 Å². The Kier molecular flexibility index (Phi) is 3.17. The Bertz CT molecular complexity index is 313. The SMILES string of the molecule is COc1ccc(C[N+](C)(C)C)c(C)c1. The van der Waals surface area contributed by atoms with E-state index in [1.54, 1.807) is 7.11 Å². The summed E-state index contributed by atoms with van der Waals surface area (Å²) in [5.74, 6) is 0.938. The lowest BCUT2D eigenvalue weighted by molar-refractivity contribution is -0.884.